The summed E-state index contributed by atoms with van der Waals surface area (Å²) in [6.45, 7) is 0.881. The highest BCUT2D eigenvalue weighted by atomic mass is 32.2. The van der Waals surface area contributed by atoms with Crippen LogP contribution < -0.4 is 5.32 Å². The second-order valence-corrected chi connectivity index (χ2v) is 9.98. The molecule has 3 aromatic rings. The minimum atomic E-state index is -3.50. The molecule has 1 N–H and O–H groups in total. The van der Waals surface area contributed by atoms with E-state index in [9.17, 15) is 12.8 Å². The highest BCUT2D eigenvalue weighted by Crippen LogP contribution is 2.24. The molecule has 1 aliphatic rings. The van der Waals surface area contributed by atoms with Crippen molar-refractivity contribution in [2.24, 2.45) is 7.05 Å². The van der Waals surface area contributed by atoms with E-state index in [1.54, 1.807) is 19.2 Å². The summed E-state index contributed by atoms with van der Waals surface area (Å²) in [6, 6.07) is 6.48. The lowest BCUT2D eigenvalue weighted by molar-refractivity contribution is 0.329. The van der Waals surface area contributed by atoms with Crippen LogP contribution in [0.15, 0.2) is 41.6 Å². The molecular weight excluding hydrogens is 415 g/mol. The largest absolute Gasteiger partial charge is 0.357 e. The first-order chi connectivity index (χ1) is 13.9. The molecular formula is C18H21FN6O2S2. The summed E-state index contributed by atoms with van der Waals surface area (Å²) >= 11 is 1.46. The average Bonchev–Trinajstić information content (AvgIpc) is 3.33. The molecule has 154 valence electrons. The molecule has 0 aliphatic carbocycles. The number of anilines is 1. The van der Waals surface area contributed by atoms with Gasteiger partial charge in [0.25, 0.3) is 0 Å². The van der Waals surface area contributed by atoms with Crippen LogP contribution in [0.4, 0.5) is 9.52 Å². The molecule has 0 unspecified atom stereocenters. The second kappa shape index (κ2) is 8.17. The Hall–Kier alpha value is -2.37. The minimum Gasteiger partial charge on any atom is -0.357 e. The zero-order valence-electron chi connectivity index (χ0n) is 15.8. The van der Waals surface area contributed by atoms with E-state index < -0.39 is 10.0 Å². The second-order valence-electron chi connectivity index (χ2n) is 6.98. The number of hydrogen-bond donors (Lipinski definition) is 1. The molecule has 2 aromatic heterocycles. The molecule has 1 fully saturated rings. The van der Waals surface area contributed by atoms with Gasteiger partial charge in [-0.2, -0.15) is 9.40 Å². The topological polar surface area (TPSA) is 93.0 Å². The predicted molar refractivity (Wildman–Crippen MR) is 108 cm³/mol. The lowest BCUT2D eigenvalue weighted by atomic mass is 10.1. The third kappa shape index (κ3) is 4.62. The first-order valence-corrected chi connectivity index (χ1v) is 11.5. The first kappa shape index (κ1) is 19.9. The number of hydrogen-bond acceptors (Lipinski definition) is 7. The maximum absolute atomic E-state index is 13.0. The SMILES string of the molecule is Cn1cc(S(=O)(=O)N2CCC(Nc3nnc(Cc4ccc(F)cc4)s3)CC2)cn1. The Morgan fingerprint density at radius 1 is 1.21 bits per heavy atom. The Labute approximate surface area is 172 Å². The quantitative estimate of drug-likeness (QED) is 0.637. The van der Waals surface area contributed by atoms with Crippen molar-refractivity contribution in [1.29, 1.82) is 0 Å². The van der Waals surface area contributed by atoms with E-state index >= 15 is 0 Å². The van der Waals surface area contributed by atoms with Crippen molar-refractivity contribution in [1.82, 2.24) is 24.3 Å². The normalized spacial score (nSPS) is 16.2. The molecule has 1 saturated heterocycles. The van der Waals surface area contributed by atoms with Crippen molar-refractivity contribution in [2.45, 2.75) is 30.2 Å². The van der Waals surface area contributed by atoms with Gasteiger partial charge in [0, 0.05) is 38.8 Å². The third-order valence-electron chi connectivity index (χ3n) is 4.84. The van der Waals surface area contributed by atoms with Gasteiger partial charge in [-0.1, -0.05) is 23.5 Å². The lowest BCUT2D eigenvalue weighted by Crippen LogP contribution is -2.42. The number of sulfonamides is 1. The van der Waals surface area contributed by atoms with Crippen LogP contribution in [0, 0.1) is 5.82 Å². The summed E-state index contributed by atoms with van der Waals surface area (Å²) in [5.74, 6) is -0.259. The maximum Gasteiger partial charge on any atom is 0.246 e. The molecule has 0 saturated carbocycles. The van der Waals surface area contributed by atoms with Crippen LogP contribution in [0.3, 0.4) is 0 Å². The van der Waals surface area contributed by atoms with Gasteiger partial charge in [0.2, 0.25) is 15.2 Å². The van der Waals surface area contributed by atoms with Crippen LogP contribution in [0.1, 0.15) is 23.4 Å². The van der Waals surface area contributed by atoms with Crippen LogP contribution >= 0.6 is 11.3 Å². The Morgan fingerprint density at radius 2 is 1.93 bits per heavy atom. The number of aromatic nitrogens is 4. The van der Waals surface area contributed by atoms with Crippen LogP contribution in [0.5, 0.6) is 0 Å². The molecule has 0 radical (unpaired) electrons. The van der Waals surface area contributed by atoms with Crippen LogP contribution in [-0.2, 0) is 23.5 Å². The number of nitrogens with zero attached hydrogens (tertiary/aromatic N) is 5. The van der Waals surface area contributed by atoms with Crippen molar-refractivity contribution < 1.29 is 12.8 Å². The highest BCUT2D eigenvalue weighted by molar-refractivity contribution is 7.89. The summed E-state index contributed by atoms with van der Waals surface area (Å²) < 4.78 is 41.3. The number of rotatable bonds is 6. The van der Waals surface area contributed by atoms with Crippen molar-refractivity contribution in [3.05, 3.63) is 53.0 Å². The van der Waals surface area contributed by atoms with Crippen molar-refractivity contribution in [3.63, 3.8) is 0 Å². The third-order valence-corrected chi connectivity index (χ3v) is 7.54. The molecule has 1 aliphatic heterocycles. The number of halogens is 1. The smallest absolute Gasteiger partial charge is 0.246 e. The van der Waals surface area contributed by atoms with E-state index in [1.165, 1.54) is 44.9 Å². The van der Waals surface area contributed by atoms with Crippen LogP contribution in [-0.4, -0.2) is 51.8 Å². The fraction of sp³-hybridized carbons (Fsp3) is 0.389. The maximum atomic E-state index is 13.0. The Bertz CT molecular complexity index is 1070. The molecule has 11 heteroatoms. The fourth-order valence-electron chi connectivity index (χ4n) is 3.26. The molecule has 1 aromatic carbocycles. The van der Waals surface area contributed by atoms with E-state index in [2.05, 4.69) is 20.6 Å². The van der Waals surface area contributed by atoms with Gasteiger partial charge >= 0.3 is 0 Å². The summed E-state index contributed by atoms with van der Waals surface area (Å²) in [6.07, 6.45) is 4.87. The Kier molecular flexibility index (Phi) is 5.61. The standard InChI is InChI=1S/C18H21FN6O2S2/c1-24-12-16(11-20-24)29(26,27)25-8-6-15(7-9-25)21-18-23-22-17(28-18)10-13-2-4-14(19)5-3-13/h2-5,11-12,15H,6-10H2,1H3,(H,21,23). The van der Waals surface area contributed by atoms with E-state index in [0.29, 0.717) is 32.4 Å². The average molecular weight is 437 g/mol. The number of aryl methyl sites for hydroxylation is 1. The molecule has 0 bridgehead atoms. The molecule has 0 amide bonds. The van der Waals surface area contributed by atoms with Gasteiger partial charge in [0.05, 0.1) is 6.20 Å². The molecule has 0 atom stereocenters. The Morgan fingerprint density at radius 3 is 2.59 bits per heavy atom. The predicted octanol–water partition coefficient (Wildman–Crippen LogP) is 2.27. The fourth-order valence-corrected chi connectivity index (χ4v) is 5.56. The van der Waals surface area contributed by atoms with Crippen LogP contribution in [0.2, 0.25) is 0 Å². The number of nitrogens with one attached hydrogen (secondary N) is 1. The van der Waals surface area contributed by atoms with Gasteiger partial charge in [0.1, 0.15) is 15.7 Å². The minimum absolute atomic E-state index is 0.141. The van der Waals surface area contributed by atoms with E-state index in [1.807, 2.05) is 0 Å². The number of benzene rings is 1. The number of piperidine rings is 1. The molecule has 4 rings (SSSR count). The van der Waals surface area contributed by atoms with Gasteiger partial charge in [-0.05, 0) is 30.5 Å². The molecule has 3 heterocycles. The highest BCUT2D eigenvalue weighted by Gasteiger charge is 2.30. The van der Waals surface area contributed by atoms with Crippen molar-refractivity contribution in [2.75, 3.05) is 18.4 Å². The van der Waals surface area contributed by atoms with Gasteiger partial charge in [0.15, 0.2) is 0 Å². The lowest BCUT2D eigenvalue weighted by Gasteiger charge is -2.31. The van der Waals surface area contributed by atoms with Gasteiger partial charge in [-0.15, -0.1) is 10.2 Å². The molecule has 8 nitrogen and oxygen atoms in total. The van der Waals surface area contributed by atoms with E-state index in [4.69, 9.17) is 0 Å². The van der Waals surface area contributed by atoms with E-state index in [0.717, 1.165) is 15.7 Å². The Balaban J connectivity index is 1.32. The monoisotopic (exact) mass is 436 g/mol. The molecule has 29 heavy (non-hydrogen) atoms. The van der Waals surface area contributed by atoms with Crippen molar-refractivity contribution in [3.8, 4) is 0 Å². The zero-order valence-corrected chi connectivity index (χ0v) is 17.5. The van der Waals surface area contributed by atoms with Gasteiger partial charge in [-0.25, -0.2) is 12.8 Å². The molecule has 0 spiro atoms. The summed E-state index contributed by atoms with van der Waals surface area (Å²) in [7, 11) is -1.80. The van der Waals surface area contributed by atoms with Gasteiger partial charge < -0.3 is 5.32 Å². The zero-order chi connectivity index (χ0) is 20.4. The summed E-state index contributed by atoms with van der Waals surface area (Å²) in [4.78, 5) is 0.223. The van der Waals surface area contributed by atoms with E-state index in [-0.39, 0.29) is 16.8 Å². The van der Waals surface area contributed by atoms with Crippen molar-refractivity contribution >= 4 is 26.5 Å². The summed E-state index contributed by atoms with van der Waals surface area (Å²) in [5, 5.41) is 17.2. The first-order valence-electron chi connectivity index (χ1n) is 9.22. The van der Waals surface area contributed by atoms with Crippen LogP contribution in [0.25, 0.3) is 0 Å². The van der Waals surface area contributed by atoms with Gasteiger partial charge in [-0.3, -0.25) is 4.68 Å². The summed E-state index contributed by atoms with van der Waals surface area (Å²) in [5.41, 5.74) is 0.975.